The van der Waals surface area contributed by atoms with Crippen molar-refractivity contribution >= 4 is 0 Å². The molecule has 0 saturated heterocycles. The maximum Gasteiger partial charge on any atom is 3.00 e. The zero-order valence-corrected chi connectivity index (χ0v) is 28.8. The monoisotopic (exact) mass is 663 g/mol. The molecule has 0 nitrogen and oxygen atoms in total. The first-order chi connectivity index (χ1) is 17.9. The summed E-state index contributed by atoms with van der Waals surface area (Å²) in [7, 11) is 0. The van der Waals surface area contributed by atoms with Gasteiger partial charge in [0, 0.05) is 0 Å². The number of hydrogen-bond donors (Lipinski definition) is 0. The molecule has 6 fully saturated rings. The summed E-state index contributed by atoms with van der Waals surface area (Å²) in [6, 6.07) is 0. The summed E-state index contributed by atoms with van der Waals surface area (Å²) < 4.78 is 0. The number of hydrogen-bond acceptors (Lipinski definition) is 0. The van der Waals surface area contributed by atoms with Crippen molar-refractivity contribution in [3.05, 3.63) is 31.2 Å². The quantitative estimate of drug-likeness (QED) is 0.113. The van der Waals surface area contributed by atoms with Gasteiger partial charge in [-0.3, -0.25) is 0 Å². The van der Waals surface area contributed by atoms with Crippen molar-refractivity contribution in [3.8, 4) is 5.92 Å². The van der Waals surface area contributed by atoms with E-state index in [0.717, 1.165) is 0 Å². The van der Waals surface area contributed by atoms with Crippen LogP contribution in [-0.2, 0) is 51.2 Å². The molecular formula is C36H63Fe3+6. The van der Waals surface area contributed by atoms with E-state index in [2.05, 4.69) is 6.08 Å². The molecule has 3 heteroatoms. The Morgan fingerprint density at radius 3 is 0.538 bits per heavy atom. The molecule has 0 aromatic heterocycles. The van der Waals surface area contributed by atoms with E-state index in [1.807, 2.05) is 5.92 Å². The fourth-order valence-corrected chi connectivity index (χ4v) is 5.39. The average molecular weight is 663 g/mol. The summed E-state index contributed by atoms with van der Waals surface area (Å²) in [5.74, 6) is 1.97. The average Bonchev–Trinajstić information content (AvgIpc) is 3.83. The van der Waals surface area contributed by atoms with E-state index < -0.39 is 0 Å². The maximum atomic E-state index is 6.26. The summed E-state index contributed by atoms with van der Waals surface area (Å²) in [6.07, 6.45) is 56.2. The van der Waals surface area contributed by atoms with E-state index in [1.165, 1.54) is 205 Å². The topological polar surface area (TPSA) is 0 Å². The van der Waals surface area contributed by atoms with E-state index in [9.17, 15) is 0 Å². The van der Waals surface area contributed by atoms with Crippen molar-refractivity contribution < 1.29 is 51.2 Å². The molecule has 0 spiro atoms. The van der Waals surface area contributed by atoms with Gasteiger partial charge in [-0.05, 0) is 0 Å². The van der Waals surface area contributed by atoms with Crippen LogP contribution in [0, 0.1) is 25.0 Å². The van der Waals surface area contributed by atoms with Crippen LogP contribution in [0.5, 0.6) is 0 Å². The van der Waals surface area contributed by atoms with E-state index in [4.69, 9.17) is 13.0 Å². The third-order valence-corrected chi connectivity index (χ3v) is 7.75. The molecule has 0 bridgehead atoms. The van der Waals surface area contributed by atoms with Gasteiger partial charge in [0.1, 0.15) is 0 Å². The van der Waals surface area contributed by atoms with E-state index in [1.54, 1.807) is 0 Å². The van der Waals surface area contributed by atoms with Crippen LogP contribution in [0.25, 0.3) is 0 Å². The number of rotatable bonds is 1. The molecule has 0 N–H and O–H groups in total. The van der Waals surface area contributed by atoms with Crippen LogP contribution >= 0.6 is 0 Å². The van der Waals surface area contributed by atoms with Crippen molar-refractivity contribution in [2.45, 2.75) is 193 Å². The normalized spacial score (nSPS) is 19.7. The fraction of sp³-hybridized carbons (Fsp3) is 0.833. The van der Waals surface area contributed by atoms with Gasteiger partial charge in [-0.2, -0.15) is 0 Å². The summed E-state index contributed by atoms with van der Waals surface area (Å²) in [4.78, 5) is 0. The second-order valence-electron chi connectivity index (χ2n) is 11.2. The molecule has 0 aliphatic heterocycles. The Bertz CT molecular complexity index is 333. The zero-order valence-electron chi connectivity index (χ0n) is 25.5. The van der Waals surface area contributed by atoms with E-state index in [0.29, 0.717) is 0 Å². The molecular weight excluding hydrogens is 600 g/mol. The van der Waals surface area contributed by atoms with Gasteiger partial charge in [-0.15, -0.1) is 0 Å². The van der Waals surface area contributed by atoms with Gasteiger partial charge in [-0.25, -0.2) is 0 Å². The molecule has 0 atom stereocenters. The van der Waals surface area contributed by atoms with Crippen LogP contribution in [0.4, 0.5) is 0 Å². The standard InChI is InChI=1S/C6H3.6C5H10.3Fe/c1-3-5-6-4-2;6*1-2-4-5-3-1;;;/h1,3,6H;6*1-5H2;;;/q-3;;;;;;;3*+3. The second-order valence-corrected chi connectivity index (χ2v) is 11.2. The Morgan fingerprint density at radius 2 is 0.487 bits per heavy atom. The Labute approximate surface area is 279 Å². The molecule has 0 heterocycles. The van der Waals surface area contributed by atoms with Gasteiger partial charge < -0.3 is 37.2 Å². The fourth-order valence-electron chi connectivity index (χ4n) is 5.39. The van der Waals surface area contributed by atoms with Gasteiger partial charge in [-0.1, -0.05) is 193 Å². The van der Waals surface area contributed by atoms with E-state index in [-0.39, 0.29) is 51.2 Å². The summed E-state index contributed by atoms with van der Waals surface area (Å²) in [5.41, 5.74) is 0. The Kier molecular flexibility index (Phi) is 54.4. The SMILES string of the molecule is C1CCCC1.C1CCCC1.C1CCCC1.C1CCCC1.C1CCCC1.C1CCCC1.[C-]#CC=[C-]C=[CH-].[Fe+3].[Fe+3].[Fe+3]. The van der Waals surface area contributed by atoms with Crippen LogP contribution in [0.2, 0.25) is 0 Å². The molecule has 6 saturated carbocycles. The van der Waals surface area contributed by atoms with Gasteiger partial charge in [0.15, 0.2) is 0 Å². The molecule has 6 rings (SSSR count). The predicted octanol–water partition coefficient (Wildman–Crippen LogP) is 12.6. The van der Waals surface area contributed by atoms with Gasteiger partial charge in [0.2, 0.25) is 0 Å². The molecule has 0 unspecified atom stereocenters. The first-order valence-corrected chi connectivity index (χ1v) is 16.4. The van der Waals surface area contributed by atoms with Crippen LogP contribution in [0.15, 0.2) is 12.2 Å². The van der Waals surface area contributed by atoms with Gasteiger partial charge >= 0.3 is 51.2 Å². The first kappa shape index (κ1) is 46.6. The first-order valence-electron chi connectivity index (χ1n) is 16.4. The van der Waals surface area contributed by atoms with Crippen molar-refractivity contribution in [3.63, 3.8) is 0 Å². The van der Waals surface area contributed by atoms with E-state index >= 15 is 0 Å². The molecule has 0 aromatic rings. The van der Waals surface area contributed by atoms with Crippen LogP contribution in [0.1, 0.15) is 193 Å². The van der Waals surface area contributed by atoms with Gasteiger partial charge in [0.05, 0.1) is 0 Å². The smallest absolute Gasteiger partial charge is 0.610 e. The largest absolute Gasteiger partial charge is 3.00 e. The molecule has 3 radical (unpaired) electrons. The van der Waals surface area contributed by atoms with Crippen molar-refractivity contribution in [2.24, 2.45) is 0 Å². The van der Waals surface area contributed by atoms with Crippen molar-refractivity contribution in [2.75, 3.05) is 0 Å². The third kappa shape index (κ3) is 45.8. The van der Waals surface area contributed by atoms with Gasteiger partial charge in [0.25, 0.3) is 0 Å². The van der Waals surface area contributed by atoms with Crippen LogP contribution < -0.4 is 0 Å². The second kappa shape index (κ2) is 45.6. The Balaban J connectivity index is -0.000000181. The minimum atomic E-state index is 0. The molecule has 0 aromatic carbocycles. The molecule has 6 aliphatic rings. The molecule has 39 heavy (non-hydrogen) atoms. The zero-order chi connectivity index (χ0) is 26.0. The Morgan fingerprint density at radius 1 is 0.359 bits per heavy atom. The van der Waals surface area contributed by atoms with Crippen molar-refractivity contribution in [1.82, 2.24) is 0 Å². The molecule has 0 amide bonds. The maximum absolute atomic E-state index is 6.26. The predicted molar refractivity (Wildman–Crippen MR) is 162 cm³/mol. The van der Waals surface area contributed by atoms with Crippen molar-refractivity contribution in [1.29, 1.82) is 0 Å². The molecule has 6 aliphatic carbocycles. The summed E-state index contributed by atoms with van der Waals surface area (Å²) in [6.45, 7) is 4.82. The number of allylic oxidation sites excluding steroid dienone is 3. The summed E-state index contributed by atoms with van der Waals surface area (Å²) in [5, 5.41) is 0. The molecule has 225 valence electrons. The minimum Gasteiger partial charge on any atom is -0.610 e. The van der Waals surface area contributed by atoms with Crippen LogP contribution in [-0.4, -0.2) is 0 Å². The minimum absolute atomic E-state index is 0. The third-order valence-electron chi connectivity index (χ3n) is 7.75. The van der Waals surface area contributed by atoms with Crippen LogP contribution in [0.3, 0.4) is 0 Å². The summed E-state index contributed by atoms with van der Waals surface area (Å²) >= 11 is 0. The Hall–Kier alpha value is 0.598.